The molecule has 7 nitrogen and oxygen atoms in total. The summed E-state index contributed by atoms with van der Waals surface area (Å²) in [6.45, 7) is 2.95. The molecule has 0 radical (unpaired) electrons. The number of nitrogens with one attached hydrogen (secondary N) is 1. The second-order valence-electron chi connectivity index (χ2n) is 8.38. The number of hydrogen-bond donors (Lipinski definition) is 1. The van der Waals surface area contributed by atoms with Crippen LogP contribution in [0, 0.1) is 6.92 Å². The standard InChI is InChI=1S/C26H25N5O2S/c1-17-29-22(23(34-17)18-8-3-2-4-9-18)26(33)31-15-6-5-11-20(31)16-28-25(32)21-13-12-19-10-7-14-27-24(19)30-21/h2-4,7-10,12-14,20H,5-6,11,15-16H2,1H3,(H,28,32). The van der Waals surface area contributed by atoms with Crippen molar-refractivity contribution < 1.29 is 9.59 Å². The van der Waals surface area contributed by atoms with E-state index in [2.05, 4.69) is 20.3 Å². The van der Waals surface area contributed by atoms with Crippen molar-refractivity contribution in [1.29, 1.82) is 0 Å². The lowest BCUT2D eigenvalue weighted by molar-refractivity contribution is 0.0598. The molecule has 1 atom stereocenters. The van der Waals surface area contributed by atoms with E-state index in [4.69, 9.17) is 0 Å². The molecule has 34 heavy (non-hydrogen) atoms. The molecule has 0 saturated carbocycles. The summed E-state index contributed by atoms with van der Waals surface area (Å²) < 4.78 is 0. The van der Waals surface area contributed by atoms with Gasteiger partial charge in [0.2, 0.25) is 0 Å². The quantitative estimate of drug-likeness (QED) is 0.463. The van der Waals surface area contributed by atoms with Crippen LogP contribution >= 0.6 is 11.3 Å². The van der Waals surface area contributed by atoms with Crippen molar-refractivity contribution in [2.45, 2.75) is 32.2 Å². The summed E-state index contributed by atoms with van der Waals surface area (Å²) in [5, 5.41) is 4.73. The van der Waals surface area contributed by atoms with Gasteiger partial charge >= 0.3 is 0 Å². The van der Waals surface area contributed by atoms with Crippen molar-refractivity contribution in [2.24, 2.45) is 0 Å². The third-order valence-corrected chi connectivity index (χ3v) is 7.08. The Balaban J connectivity index is 1.33. The van der Waals surface area contributed by atoms with Gasteiger partial charge in [0.15, 0.2) is 5.65 Å². The monoisotopic (exact) mass is 471 g/mol. The number of rotatable bonds is 5. The Hall–Kier alpha value is -3.65. The Morgan fingerprint density at radius 2 is 1.91 bits per heavy atom. The first-order chi connectivity index (χ1) is 16.6. The second kappa shape index (κ2) is 9.69. The van der Waals surface area contributed by atoms with Gasteiger partial charge in [-0.1, -0.05) is 30.3 Å². The zero-order valence-corrected chi connectivity index (χ0v) is 19.7. The van der Waals surface area contributed by atoms with Crippen LogP contribution in [0.1, 0.15) is 45.2 Å². The molecule has 1 saturated heterocycles. The van der Waals surface area contributed by atoms with Gasteiger partial charge in [-0.25, -0.2) is 15.0 Å². The van der Waals surface area contributed by atoms with Crippen molar-refractivity contribution in [3.8, 4) is 10.4 Å². The Labute approximate surface area is 201 Å². The van der Waals surface area contributed by atoms with E-state index >= 15 is 0 Å². The first-order valence-corrected chi connectivity index (χ1v) is 12.3. The zero-order valence-electron chi connectivity index (χ0n) is 18.9. The van der Waals surface area contributed by atoms with Gasteiger partial charge in [0.25, 0.3) is 11.8 Å². The smallest absolute Gasteiger partial charge is 0.274 e. The minimum atomic E-state index is -0.264. The van der Waals surface area contributed by atoms with Crippen molar-refractivity contribution in [3.05, 3.63) is 77.2 Å². The molecular weight excluding hydrogens is 446 g/mol. The van der Waals surface area contributed by atoms with E-state index in [0.717, 1.165) is 40.1 Å². The number of fused-ring (bicyclic) bond motifs is 1. The number of nitrogens with zero attached hydrogens (tertiary/aromatic N) is 4. The molecule has 4 aromatic rings. The third kappa shape index (κ3) is 4.54. The lowest BCUT2D eigenvalue weighted by atomic mass is 10.0. The topological polar surface area (TPSA) is 88.1 Å². The summed E-state index contributed by atoms with van der Waals surface area (Å²) in [7, 11) is 0. The number of aryl methyl sites for hydroxylation is 1. The van der Waals surface area contributed by atoms with Gasteiger partial charge in [0, 0.05) is 30.7 Å². The lowest BCUT2D eigenvalue weighted by Gasteiger charge is -2.35. The maximum atomic E-state index is 13.6. The number of benzene rings is 1. The molecule has 5 rings (SSSR count). The van der Waals surface area contributed by atoms with Crippen LogP contribution in [0.25, 0.3) is 21.5 Å². The number of thiazole rings is 1. The molecule has 1 aliphatic heterocycles. The van der Waals surface area contributed by atoms with Crippen LogP contribution in [-0.2, 0) is 0 Å². The Kier molecular flexibility index (Phi) is 6.31. The average Bonchev–Trinajstić information content (AvgIpc) is 3.29. The number of amides is 2. The van der Waals surface area contributed by atoms with E-state index < -0.39 is 0 Å². The van der Waals surface area contributed by atoms with E-state index in [0.29, 0.717) is 30.1 Å². The first-order valence-electron chi connectivity index (χ1n) is 11.4. The van der Waals surface area contributed by atoms with E-state index in [9.17, 15) is 9.59 Å². The number of likely N-dealkylation sites (tertiary alicyclic amines) is 1. The Bertz CT molecular complexity index is 1340. The summed E-state index contributed by atoms with van der Waals surface area (Å²) in [4.78, 5) is 42.4. The maximum absolute atomic E-state index is 13.6. The van der Waals surface area contributed by atoms with E-state index in [1.807, 2.05) is 60.4 Å². The van der Waals surface area contributed by atoms with E-state index in [1.165, 1.54) is 11.3 Å². The fourth-order valence-electron chi connectivity index (χ4n) is 4.35. The van der Waals surface area contributed by atoms with Crippen LogP contribution in [0.3, 0.4) is 0 Å². The highest BCUT2D eigenvalue weighted by molar-refractivity contribution is 7.15. The van der Waals surface area contributed by atoms with Crippen molar-refractivity contribution in [2.75, 3.05) is 13.1 Å². The van der Waals surface area contributed by atoms with Crippen molar-refractivity contribution >= 4 is 34.2 Å². The van der Waals surface area contributed by atoms with Crippen LogP contribution in [0.2, 0.25) is 0 Å². The zero-order chi connectivity index (χ0) is 23.5. The molecule has 0 bridgehead atoms. The molecule has 0 aliphatic carbocycles. The summed E-state index contributed by atoms with van der Waals surface area (Å²) >= 11 is 1.53. The molecule has 8 heteroatoms. The minimum absolute atomic E-state index is 0.0739. The van der Waals surface area contributed by atoms with Crippen molar-refractivity contribution in [1.82, 2.24) is 25.2 Å². The molecule has 0 spiro atoms. The molecule has 1 unspecified atom stereocenters. The van der Waals surface area contributed by atoms with Crippen LogP contribution in [-0.4, -0.2) is 50.8 Å². The molecule has 4 heterocycles. The van der Waals surface area contributed by atoms with Crippen LogP contribution in [0.4, 0.5) is 0 Å². The lowest BCUT2D eigenvalue weighted by Crippen LogP contribution is -2.49. The van der Waals surface area contributed by atoms with Gasteiger partial charge in [-0.05, 0) is 56.0 Å². The predicted octanol–water partition coefficient (Wildman–Crippen LogP) is 4.49. The molecule has 3 aromatic heterocycles. The molecule has 1 aromatic carbocycles. The maximum Gasteiger partial charge on any atom is 0.274 e. The number of pyridine rings is 2. The van der Waals surface area contributed by atoms with Gasteiger partial charge < -0.3 is 10.2 Å². The summed E-state index contributed by atoms with van der Waals surface area (Å²) in [5.41, 5.74) is 2.35. The highest BCUT2D eigenvalue weighted by Gasteiger charge is 2.31. The molecule has 1 N–H and O–H groups in total. The van der Waals surface area contributed by atoms with E-state index in [1.54, 1.807) is 12.3 Å². The largest absolute Gasteiger partial charge is 0.349 e. The van der Waals surface area contributed by atoms with E-state index in [-0.39, 0.29) is 17.9 Å². The first kappa shape index (κ1) is 22.2. The minimum Gasteiger partial charge on any atom is -0.349 e. The van der Waals surface area contributed by atoms with Gasteiger partial charge in [-0.2, -0.15) is 0 Å². The fourth-order valence-corrected chi connectivity index (χ4v) is 5.27. The highest BCUT2D eigenvalue weighted by atomic mass is 32.1. The highest BCUT2D eigenvalue weighted by Crippen LogP contribution is 2.32. The van der Waals surface area contributed by atoms with Crippen molar-refractivity contribution in [3.63, 3.8) is 0 Å². The van der Waals surface area contributed by atoms with Gasteiger partial charge in [-0.3, -0.25) is 9.59 Å². The number of carbonyl (C=O) groups excluding carboxylic acids is 2. The van der Waals surface area contributed by atoms with Crippen LogP contribution < -0.4 is 5.32 Å². The normalized spacial score (nSPS) is 15.9. The number of piperidine rings is 1. The third-order valence-electron chi connectivity index (χ3n) is 6.06. The second-order valence-corrected chi connectivity index (χ2v) is 9.58. The Morgan fingerprint density at radius 3 is 2.76 bits per heavy atom. The fraction of sp³-hybridized carbons (Fsp3) is 0.269. The average molecular weight is 472 g/mol. The summed E-state index contributed by atoms with van der Waals surface area (Å²) in [5.74, 6) is -0.338. The Morgan fingerprint density at radius 1 is 1.06 bits per heavy atom. The van der Waals surface area contributed by atoms with Gasteiger partial charge in [0.05, 0.1) is 9.88 Å². The molecule has 2 amide bonds. The molecular formula is C26H25N5O2S. The number of aromatic nitrogens is 3. The summed E-state index contributed by atoms with van der Waals surface area (Å²) in [6, 6.07) is 17.1. The van der Waals surface area contributed by atoms with Gasteiger partial charge in [0.1, 0.15) is 11.4 Å². The SMILES string of the molecule is Cc1nc(C(=O)N2CCCCC2CNC(=O)c2ccc3cccnc3n2)c(-c2ccccc2)s1. The summed E-state index contributed by atoms with van der Waals surface area (Å²) in [6.07, 6.45) is 4.46. The van der Waals surface area contributed by atoms with Crippen LogP contribution in [0.5, 0.6) is 0 Å². The van der Waals surface area contributed by atoms with Gasteiger partial charge in [-0.15, -0.1) is 11.3 Å². The van der Waals surface area contributed by atoms with Crippen LogP contribution in [0.15, 0.2) is 60.8 Å². The molecule has 172 valence electrons. The number of carbonyl (C=O) groups is 2. The predicted molar refractivity (Wildman–Crippen MR) is 133 cm³/mol. The molecule has 1 fully saturated rings. The number of hydrogen-bond acceptors (Lipinski definition) is 6. The molecule has 1 aliphatic rings.